The second-order valence-electron chi connectivity index (χ2n) is 8.17. The zero-order valence-electron chi connectivity index (χ0n) is 16.6. The molecule has 3 heterocycles. The number of rotatable bonds is 5. The van der Waals surface area contributed by atoms with E-state index in [0.29, 0.717) is 13.1 Å². The van der Waals surface area contributed by atoms with E-state index in [1.54, 1.807) is 0 Å². The van der Waals surface area contributed by atoms with Crippen LogP contribution in [-0.2, 0) is 21.2 Å². The van der Waals surface area contributed by atoms with Crippen LogP contribution in [0.25, 0.3) is 5.70 Å². The fourth-order valence-electron chi connectivity index (χ4n) is 3.85. The number of fused-ring (bicyclic) bond motifs is 1. The molecule has 0 aromatic heterocycles. The SMILES string of the molecule is O=C(NC1N=C2C=CC=C(c3ccc(CN4CCS(=O)(=O)CC4)cc3)N2N1)C1CC1. The van der Waals surface area contributed by atoms with E-state index in [1.807, 2.05) is 23.2 Å². The van der Waals surface area contributed by atoms with Gasteiger partial charge in [-0.05, 0) is 36.1 Å². The molecule has 8 nitrogen and oxygen atoms in total. The summed E-state index contributed by atoms with van der Waals surface area (Å²) < 4.78 is 23.2. The molecule has 1 saturated heterocycles. The lowest BCUT2D eigenvalue weighted by atomic mass is 10.1. The number of amidine groups is 1. The molecule has 0 spiro atoms. The van der Waals surface area contributed by atoms with Crippen LogP contribution in [0.5, 0.6) is 0 Å². The molecular formula is C21H25N5O3S. The minimum Gasteiger partial charge on any atom is -0.320 e. The van der Waals surface area contributed by atoms with E-state index in [1.165, 1.54) is 0 Å². The zero-order valence-corrected chi connectivity index (χ0v) is 17.4. The van der Waals surface area contributed by atoms with Gasteiger partial charge in [0.2, 0.25) is 5.91 Å². The maximum Gasteiger partial charge on any atom is 0.225 e. The van der Waals surface area contributed by atoms with Crippen LogP contribution in [0.4, 0.5) is 0 Å². The predicted octanol–water partition coefficient (Wildman–Crippen LogP) is 0.856. The highest BCUT2D eigenvalue weighted by Crippen LogP contribution is 2.29. The maximum atomic E-state index is 12.0. The third-order valence-corrected chi connectivity index (χ3v) is 7.41. The first-order valence-corrected chi connectivity index (χ1v) is 12.1. The molecule has 2 fully saturated rings. The number of hydrogen-bond donors (Lipinski definition) is 2. The van der Waals surface area contributed by atoms with E-state index in [9.17, 15) is 13.2 Å². The van der Waals surface area contributed by atoms with E-state index in [2.05, 4.69) is 44.9 Å². The van der Waals surface area contributed by atoms with Gasteiger partial charge in [0.15, 0.2) is 16.1 Å². The van der Waals surface area contributed by atoms with Crippen LogP contribution in [0, 0.1) is 5.92 Å². The van der Waals surface area contributed by atoms with Crippen molar-refractivity contribution in [3.8, 4) is 0 Å². The molecule has 0 radical (unpaired) electrons. The van der Waals surface area contributed by atoms with E-state index in [4.69, 9.17) is 0 Å². The smallest absolute Gasteiger partial charge is 0.225 e. The monoisotopic (exact) mass is 427 g/mol. The quantitative estimate of drug-likeness (QED) is 0.724. The Balaban J connectivity index is 1.23. The van der Waals surface area contributed by atoms with Gasteiger partial charge in [0, 0.05) is 25.6 Å². The summed E-state index contributed by atoms with van der Waals surface area (Å²) in [7, 11) is -2.86. The number of hydrazine groups is 1. The predicted molar refractivity (Wildman–Crippen MR) is 115 cm³/mol. The largest absolute Gasteiger partial charge is 0.320 e. The molecule has 1 amide bonds. The Morgan fingerprint density at radius 3 is 2.60 bits per heavy atom. The van der Waals surface area contributed by atoms with Gasteiger partial charge >= 0.3 is 0 Å². The lowest BCUT2D eigenvalue weighted by Crippen LogP contribution is -2.47. The summed E-state index contributed by atoms with van der Waals surface area (Å²) in [5.41, 5.74) is 6.42. The normalized spacial score (nSPS) is 25.5. The van der Waals surface area contributed by atoms with Crippen molar-refractivity contribution in [2.45, 2.75) is 25.7 Å². The number of sulfone groups is 1. The van der Waals surface area contributed by atoms with Crippen molar-refractivity contribution in [3.05, 3.63) is 53.6 Å². The molecule has 1 saturated carbocycles. The molecular weight excluding hydrogens is 402 g/mol. The molecule has 1 aliphatic carbocycles. The lowest BCUT2D eigenvalue weighted by Gasteiger charge is -2.27. The first kappa shape index (κ1) is 19.5. The molecule has 2 N–H and O–H groups in total. The maximum absolute atomic E-state index is 12.0. The topological polar surface area (TPSA) is 94.1 Å². The standard InChI is InChI=1S/C21H25N5O3S/c27-20(17-8-9-17)23-21-22-19-3-1-2-18(26(19)24-21)16-6-4-15(5-7-16)14-25-10-12-30(28,29)13-11-25/h1-7,17,21,24H,8-14H2,(H,23,27). The summed E-state index contributed by atoms with van der Waals surface area (Å²) in [4.78, 5) is 18.8. The van der Waals surface area contributed by atoms with Crippen molar-refractivity contribution in [2.24, 2.45) is 10.9 Å². The van der Waals surface area contributed by atoms with Crippen LogP contribution < -0.4 is 10.7 Å². The number of amides is 1. The van der Waals surface area contributed by atoms with Crippen LogP contribution in [0.2, 0.25) is 0 Å². The molecule has 3 aliphatic heterocycles. The van der Waals surface area contributed by atoms with E-state index in [-0.39, 0.29) is 23.3 Å². The number of aliphatic imine (C=N–C) groups is 1. The Bertz CT molecular complexity index is 1030. The summed E-state index contributed by atoms with van der Waals surface area (Å²) in [5.74, 6) is 1.45. The number of nitrogens with zero attached hydrogens (tertiary/aromatic N) is 3. The van der Waals surface area contributed by atoms with Crippen molar-refractivity contribution >= 4 is 27.3 Å². The van der Waals surface area contributed by atoms with Crippen LogP contribution in [0.1, 0.15) is 24.0 Å². The van der Waals surface area contributed by atoms with Crippen molar-refractivity contribution in [1.82, 2.24) is 20.7 Å². The van der Waals surface area contributed by atoms with Gasteiger partial charge < -0.3 is 5.32 Å². The first-order valence-electron chi connectivity index (χ1n) is 10.3. The molecule has 1 aromatic carbocycles. The highest BCUT2D eigenvalue weighted by Gasteiger charge is 2.34. The van der Waals surface area contributed by atoms with Gasteiger partial charge in [-0.15, -0.1) is 0 Å². The third-order valence-electron chi connectivity index (χ3n) is 5.80. The van der Waals surface area contributed by atoms with Gasteiger partial charge in [0.1, 0.15) is 5.84 Å². The molecule has 0 bridgehead atoms. The molecule has 1 atom stereocenters. The van der Waals surface area contributed by atoms with Crippen molar-refractivity contribution in [3.63, 3.8) is 0 Å². The summed E-state index contributed by atoms with van der Waals surface area (Å²) in [6, 6.07) is 8.29. The van der Waals surface area contributed by atoms with Crippen molar-refractivity contribution < 1.29 is 13.2 Å². The number of nitrogens with one attached hydrogen (secondary N) is 2. The van der Waals surface area contributed by atoms with Crippen molar-refractivity contribution in [2.75, 3.05) is 24.6 Å². The zero-order chi connectivity index (χ0) is 20.7. The second kappa shape index (κ2) is 7.64. The van der Waals surface area contributed by atoms with Crippen LogP contribution in [-0.4, -0.2) is 61.0 Å². The third kappa shape index (κ3) is 4.19. The molecule has 1 unspecified atom stereocenters. The van der Waals surface area contributed by atoms with Crippen LogP contribution >= 0.6 is 0 Å². The van der Waals surface area contributed by atoms with Gasteiger partial charge in [-0.1, -0.05) is 30.3 Å². The fraction of sp³-hybridized carbons (Fsp3) is 0.429. The van der Waals surface area contributed by atoms with Gasteiger partial charge in [-0.3, -0.25) is 14.7 Å². The van der Waals surface area contributed by atoms with E-state index in [0.717, 1.165) is 42.0 Å². The minimum absolute atomic E-state index is 0.0565. The average Bonchev–Trinajstić information content (AvgIpc) is 3.50. The second-order valence-corrected chi connectivity index (χ2v) is 10.5. The highest BCUT2D eigenvalue weighted by atomic mass is 32.2. The molecule has 5 rings (SSSR count). The molecule has 9 heteroatoms. The Morgan fingerprint density at radius 1 is 1.17 bits per heavy atom. The Hall–Kier alpha value is -2.49. The first-order chi connectivity index (χ1) is 14.5. The van der Waals surface area contributed by atoms with Crippen molar-refractivity contribution in [1.29, 1.82) is 0 Å². The number of carbonyl (C=O) groups excluding carboxylic acids is 1. The molecule has 158 valence electrons. The van der Waals surface area contributed by atoms with E-state index >= 15 is 0 Å². The van der Waals surface area contributed by atoms with E-state index < -0.39 is 16.1 Å². The Labute approximate surface area is 176 Å². The Morgan fingerprint density at radius 2 is 1.90 bits per heavy atom. The van der Waals surface area contributed by atoms with Crippen LogP contribution in [0.3, 0.4) is 0 Å². The number of benzene rings is 1. The molecule has 1 aromatic rings. The summed E-state index contributed by atoms with van der Waals surface area (Å²) in [6.45, 7) is 1.93. The number of carbonyl (C=O) groups is 1. The van der Waals surface area contributed by atoms with Gasteiger partial charge in [0.05, 0.1) is 17.2 Å². The number of allylic oxidation sites excluding steroid dienone is 2. The van der Waals surface area contributed by atoms with Crippen LogP contribution in [0.15, 0.2) is 47.5 Å². The lowest BCUT2D eigenvalue weighted by molar-refractivity contribution is -0.123. The Kier molecular flexibility index (Phi) is 4.96. The van der Waals surface area contributed by atoms with Gasteiger partial charge in [-0.2, -0.15) is 5.43 Å². The summed E-state index contributed by atoms with van der Waals surface area (Å²) >= 11 is 0. The minimum atomic E-state index is -2.86. The summed E-state index contributed by atoms with van der Waals surface area (Å²) in [6.07, 6.45) is 7.36. The number of hydrogen-bond acceptors (Lipinski definition) is 7. The molecule has 4 aliphatic rings. The fourth-order valence-corrected chi connectivity index (χ4v) is 5.13. The highest BCUT2D eigenvalue weighted by molar-refractivity contribution is 7.91. The van der Waals surface area contributed by atoms with Gasteiger partial charge in [0.25, 0.3) is 0 Å². The van der Waals surface area contributed by atoms with Gasteiger partial charge in [-0.25, -0.2) is 13.4 Å². The average molecular weight is 428 g/mol. The molecule has 30 heavy (non-hydrogen) atoms. The summed E-state index contributed by atoms with van der Waals surface area (Å²) in [5, 5.41) is 4.85.